The highest BCUT2D eigenvalue weighted by atomic mass is 14.7. The molecule has 0 amide bonds. The summed E-state index contributed by atoms with van der Waals surface area (Å²) < 4.78 is 0. The van der Waals surface area contributed by atoms with Gasteiger partial charge in [0.25, 0.3) is 0 Å². The molecule has 0 saturated carbocycles. The van der Waals surface area contributed by atoms with Crippen molar-refractivity contribution in [2.24, 2.45) is 0 Å². The van der Waals surface area contributed by atoms with Crippen molar-refractivity contribution in [3.05, 3.63) is 453 Å². The first-order valence-electron chi connectivity index (χ1n) is 42.3. The van der Waals surface area contributed by atoms with Crippen LogP contribution < -0.4 is 0 Å². The Morgan fingerprint density at radius 2 is 0.421 bits per heavy atom. The van der Waals surface area contributed by atoms with E-state index in [0.717, 1.165) is 121 Å². The Morgan fingerprint density at radius 1 is 0.151 bits per heavy atom. The van der Waals surface area contributed by atoms with E-state index in [1.807, 2.05) is 72.8 Å². The average Bonchev–Trinajstić information content (AvgIpc) is 0.745. The van der Waals surface area contributed by atoms with Crippen molar-refractivity contribution in [1.29, 1.82) is 15.8 Å². The average molecular weight is 1600 g/mol. The van der Waals surface area contributed by atoms with Gasteiger partial charge in [-0.3, -0.25) is 0 Å². The molecule has 0 spiro atoms. The molecule has 6 nitrogen and oxygen atoms in total. The number of fused-ring (bicyclic) bond motifs is 15. The highest BCUT2D eigenvalue weighted by Gasteiger charge is 2.23. The third-order valence-corrected chi connectivity index (χ3v) is 24.7. The van der Waals surface area contributed by atoms with Crippen LogP contribution in [0.4, 0.5) is 0 Å². The minimum atomic E-state index is 0.617. The van der Waals surface area contributed by atoms with Gasteiger partial charge in [-0.05, 0) is 251 Å². The van der Waals surface area contributed by atoms with Crippen LogP contribution in [0.1, 0.15) is 16.7 Å². The summed E-state index contributed by atoms with van der Waals surface area (Å²) in [6.07, 6.45) is 0. The fraction of sp³-hybridized carbons (Fsp3) is 0. The van der Waals surface area contributed by atoms with Crippen LogP contribution in [-0.4, -0.2) is 15.0 Å². The molecule has 0 aliphatic rings. The van der Waals surface area contributed by atoms with E-state index in [4.69, 9.17) is 15.0 Å². The van der Waals surface area contributed by atoms with Crippen molar-refractivity contribution in [3.63, 3.8) is 0 Å². The molecule has 126 heavy (non-hydrogen) atoms. The zero-order valence-electron chi connectivity index (χ0n) is 68.3. The van der Waals surface area contributed by atoms with E-state index in [1.165, 1.54) is 109 Å². The quantitative estimate of drug-likeness (QED) is 0.133. The summed E-state index contributed by atoms with van der Waals surface area (Å²) in [6, 6.07) is 160. The topological polar surface area (TPSA) is 110 Å². The van der Waals surface area contributed by atoms with Crippen molar-refractivity contribution in [2.45, 2.75) is 0 Å². The van der Waals surface area contributed by atoms with E-state index in [-0.39, 0.29) is 0 Å². The molecule has 0 saturated heterocycles. The van der Waals surface area contributed by atoms with Gasteiger partial charge in [0.05, 0.1) is 68.5 Å². The van der Waals surface area contributed by atoms with Gasteiger partial charge in [-0.1, -0.05) is 334 Å². The van der Waals surface area contributed by atoms with Crippen molar-refractivity contribution in [3.8, 4) is 119 Å². The van der Waals surface area contributed by atoms with Crippen LogP contribution in [0.25, 0.3) is 230 Å². The molecular weight excluding hydrogens is 1530 g/mol. The molecule has 0 N–H and O–H groups in total. The first-order chi connectivity index (χ1) is 62.3. The van der Waals surface area contributed by atoms with Crippen molar-refractivity contribution >= 4 is 130 Å². The molecule has 0 aliphatic heterocycles. The van der Waals surface area contributed by atoms with Crippen LogP contribution in [0.5, 0.6) is 0 Å². The van der Waals surface area contributed by atoms with Gasteiger partial charge < -0.3 is 0 Å². The summed E-state index contributed by atoms with van der Waals surface area (Å²) in [5.74, 6) is 0. The highest BCUT2D eigenvalue weighted by Crippen LogP contribution is 2.47. The summed E-state index contributed by atoms with van der Waals surface area (Å²) in [7, 11) is 0. The molecule has 6 heteroatoms. The Kier molecular flexibility index (Phi) is 19.0. The number of rotatable bonds is 9. The predicted octanol–water partition coefficient (Wildman–Crippen LogP) is 31.7. The Hall–Kier alpha value is -17.3. The fourth-order valence-corrected chi connectivity index (χ4v) is 18.4. The number of nitriles is 3. The second-order valence-electron chi connectivity index (χ2n) is 32.2. The molecule has 0 fully saturated rings. The first kappa shape index (κ1) is 74.9. The zero-order chi connectivity index (χ0) is 84.1. The van der Waals surface area contributed by atoms with Crippen LogP contribution in [-0.2, 0) is 0 Å². The second kappa shape index (κ2) is 32.0. The minimum Gasteiger partial charge on any atom is -0.247 e. The number of hydrogen-bond acceptors (Lipinski definition) is 6. The van der Waals surface area contributed by atoms with Crippen LogP contribution in [0.3, 0.4) is 0 Å². The fourth-order valence-electron chi connectivity index (χ4n) is 18.4. The van der Waals surface area contributed by atoms with Gasteiger partial charge in [0.1, 0.15) is 0 Å². The van der Waals surface area contributed by atoms with Crippen molar-refractivity contribution < 1.29 is 0 Å². The van der Waals surface area contributed by atoms with Crippen LogP contribution in [0.2, 0.25) is 0 Å². The van der Waals surface area contributed by atoms with E-state index >= 15 is 0 Å². The van der Waals surface area contributed by atoms with E-state index < -0.39 is 0 Å². The van der Waals surface area contributed by atoms with Crippen LogP contribution in [0.15, 0.2) is 437 Å². The lowest BCUT2D eigenvalue weighted by Crippen LogP contribution is -1.94. The smallest absolute Gasteiger partial charge is 0.0998 e. The summed E-state index contributed by atoms with van der Waals surface area (Å²) in [5.41, 5.74) is 23.9. The van der Waals surface area contributed by atoms with Crippen LogP contribution >= 0.6 is 0 Å². The second-order valence-corrected chi connectivity index (χ2v) is 32.2. The van der Waals surface area contributed by atoms with Gasteiger partial charge in [0, 0.05) is 49.0 Å². The van der Waals surface area contributed by atoms with Crippen LogP contribution in [0, 0.1) is 34.0 Å². The lowest BCUT2D eigenvalue weighted by atomic mass is 9.89. The standard InChI is InChI=1S/3C40H24N2/c41-25-26-8-7-13-33(20-26)39-24-37(32-19-17-28-10-2-4-12-30(28)22-32)38-23-36(34-14-5-6-15-35(34)40(38)42-39)31-18-16-27-9-1-3-11-29(27)21-31;41-25-32-13-5-6-14-33(32)39-24-37(31-20-18-27-10-2-4-12-29(27)22-31)38-23-36(34-15-7-8-16-35(34)40(38)42-39)30-19-17-26-9-1-3-11-28(26)21-30;41-25-26-13-15-29(16-14-26)39-24-37(33-20-18-28-8-2-4-10-31(28)22-33)38-23-36(34-11-5-6-12-35(34)40(38)42-39)32-19-17-27-7-1-3-9-30(27)21-32/h3*1-24H. The summed E-state index contributed by atoms with van der Waals surface area (Å²) in [4.78, 5) is 15.8. The summed E-state index contributed by atoms with van der Waals surface area (Å²) in [5, 5.41) is 53.6. The Morgan fingerprint density at radius 3 is 0.754 bits per heavy atom. The molecule has 0 unspecified atom stereocenters. The molecular formula is C120H72N6. The zero-order valence-corrected chi connectivity index (χ0v) is 68.3. The normalized spacial score (nSPS) is 11.3. The third kappa shape index (κ3) is 13.9. The molecule has 24 aromatic rings. The Labute approximate surface area is 727 Å². The van der Waals surface area contributed by atoms with E-state index in [9.17, 15) is 15.8 Å². The molecule has 24 rings (SSSR count). The Bertz CT molecular complexity index is 8720. The molecule has 582 valence electrons. The van der Waals surface area contributed by atoms with Crippen molar-refractivity contribution in [2.75, 3.05) is 0 Å². The summed E-state index contributed by atoms with van der Waals surface area (Å²) >= 11 is 0. The Balaban J connectivity index is 0.000000112. The van der Waals surface area contributed by atoms with Gasteiger partial charge >= 0.3 is 0 Å². The number of nitrogens with zero attached hydrogens (tertiary/aromatic N) is 6. The van der Waals surface area contributed by atoms with Gasteiger partial charge in [-0.15, -0.1) is 0 Å². The SMILES string of the molecule is N#Cc1ccc(-c2cc(-c3ccc4ccccc4c3)c3cc(-c4ccc5ccccc5c4)c4ccccc4c3n2)cc1.N#Cc1cccc(-c2cc(-c3ccc4ccccc4c3)c3cc(-c4ccc5ccccc5c4)c4ccccc4c3n2)c1.N#Cc1ccccc1-c1cc(-c2ccc3ccccc3c2)c2cc(-c3ccc4ccccc4c3)c3ccccc3c2n1. The predicted molar refractivity (Wildman–Crippen MR) is 526 cm³/mol. The number of hydrogen-bond donors (Lipinski definition) is 0. The van der Waals surface area contributed by atoms with E-state index in [1.54, 1.807) is 0 Å². The minimum absolute atomic E-state index is 0.617. The van der Waals surface area contributed by atoms with Crippen molar-refractivity contribution in [1.82, 2.24) is 15.0 Å². The van der Waals surface area contributed by atoms with Gasteiger partial charge in [-0.2, -0.15) is 15.8 Å². The molecule has 0 radical (unpaired) electrons. The molecule has 0 atom stereocenters. The maximum atomic E-state index is 9.93. The van der Waals surface area contributed by atoms with Gasteiger partial charge in [0.15, 0.2) is 0 Å². The lowest BCUT2D eigenvalue weighted by Gasteiger charge is -2.16. The molecule has 0 aliphatic carbocycles. The molecule has 3 heterocycles. The van der Waals surface area contributed by atoms with E-state index in [2.05, 4.69) is 382 Å². The lowest BCUT2D eigenvalue weighted by molar-refractivity contribution is 1.39. The molecule has 0 bridgehead atoms. The largest absolute Gasteiger partial charge is 0.247 e. The summed E-state index contributed by atoms with van der Waals surface area (Å²) in [6.45, 7) is 0. The van der Waals surface area contributed by atoms with Gasteiger partial charge in [-0.25, -0.2) is 15.0 Å². The maximum absolute atomic E-state index is 9.93. The number of pyridine rings is 3. The third-order valence-electron chi connectivity index (χ3n) is 24.7. The van der Waals surface area contributed by atoms with Gasteiger partial charge in [0.2, 0.25) is 0 Å². The first-order valence-corrected chi connectivity index (χ1v) is 42.3. The number of benzene rings is 21. The molecule has 21 aromatic carbocycles. The number of aromatic nitrogens is 3. The monoisotopic (exact) mass is 1600 g/mol. The molecule has 3 aromatic heterocycles. The highest BCUT2D eigenvalue weighted by molar-refractivity contribution is 6.20. The maximum Gasteiger partial charge on any atom is 0.0998 e. The van der Waals surface area contributed by atoms with E-state index in [0.29, 0.717) is 16.7 Å².